The monoisotopic (exact) mass is 364 g/mol. The summed E-state index contributed by atoms with van der Waals surface area (Å²) in [7, 11) is 0. The maximum Gasteiger partial charge on any atom is 0.344 e. The van der Waals surface area contributed by atoms with Crippen LogP contribution in [0.25, 0.3) is 0 Å². The van der Waals surface area contributed by atoms with Gasteiger partial charge in [0, 0.05) is 17.5 Å². The molecule has 25 heavy (non-hydrogen) atoms. The Morgan fingerprint density at radius 3 is 2.80 bits per heavy atom. The molecule has 0 spiro atoms. The first kappa shape index (κ1) is 17.5. The lowest BCUT2D eigenvalue weighted by Gasteiger charge is -2.18. The molecule has 6 heteroatoms. The number of para-hydroxylation sites is 1. The highest BCUT2D eigenvalue weighted by molar-refractivity contribution is 6.31. The molecule has 0 aromatic heterocycles. The third-order valence-corrected chi connectivity index (χ3v) is 4.19. The number of benzene rings is 2. The van der Waals surface area contributed by atoms with Gasteiger partial charge in [-0.05, 0) is 32.0 Å². The lowest BCUT2D eigenvalue weighted by atomic mass is 10.0. The van der Waals surface area contributed by atoms with E-state index in [1.165, 1.54) is 18.2 Å². The van der Waals surface area contributed by atoms with Crippen LogP contribution in [-0.2, 0) is 22.6 Å². The van der Waals surface area contributed by atoms with E-state index in [1.807, 2.05) is 26.0 Å². The summed E-state index contributed by atoms with van der Waals surface area (Å²) in [6, 6.07) is 9.85. The van der Waals surface area contributed by atoms with Gasteiger partial charge in [-0.15, -0.1) is 0 Å². The fourth-order valence-electron chi connectivity index (χ4n) is 2.70. The van der Waals surface area contributed by atoms with E-state index in [9.17, 15) is 9.18 Å². The van der Waals surface area contributed by atoms with Crippen molar-refractivity contribution in [3.8, 4) is 11.5 Å². The Balaban J connectivity index is 1.58. The van der Waals surface area contributed by atoms with Crippen molar-refractivity contribution >= 4 is 17.6 Å². The predicted octanol–water partition coefficient (Wildman–Crippen LogP) is 4.31. The summed E-state index contributed by atoms with van der Waals surface area (Å²) >= 11 is 5.90. The lowest BCUT2D eigenvalue weighted by molar-refractivity contribution is -0.147. The minimum atomic E-state index is -0.617. The van der Waals surface area contributed by atoms with E-state index < -0.39 is 11.8 Å². The second-order valence-corrected chi connectivity index (χ2v) is 6.84. The first-order valence-corrected chi connectivity index (χ1v) is 8.26. The summed E-state index contributed by atoms with van der Waals surface area (Å²) in [6.45, 7) is 3.43. The number of halogens is 2. The lowest BCUT2D eigenvalue weighted by Crippen LogP contribution is -2.24. The fourth-order valence-corrected chi connectivity index (χ4v) is 2.92. The molecule has 0 radical (unpaired) electrons. The van der Waals surface area contributed by atoms with Gasteiger partial charge in [-0.1, -0.05) is 29.8 Å². The van der Waals surface area contributed by atoms with Crippen molar-refractivity contribution in [1.29, 1.82) is 0 Å². The van der Waals surface area contributed by atoms with Crippen LogP contribution >= 0.6 is 11.6 Å². The average molecular weight is 365 g/mol. The summed E-state index contributed by atoms with van der Waals surface area (Å²) in [5.74, 6) is 0.00769. The second-order valence-electron chi connectivity index (χ2n) is 6.43. The van der Waals surface area contributed by atoms with Gasteiger partial charge in [-0.25, -0.2) is 9.18 Å². The van der Waals surface area contributed by atoms with Crippen molar-refractivity contribution in [2.45, 2.75) is 32.5 Å². The quantitative estimate of drug-likeness (QED) is 0.741. The molecule has 1 aliphatic heterocycles. The second kappa shape index (κ2) is 6.92. The van der Waals surface area contributed by atoms with E-state index in [2.05, 4.69) is 0 Å². The van der Waals surface area contributed by atoms with E-state index in [0.29, 0.717) is 11.5 Å². The number of rotatable bonds is 5. The number of carbonyl (C=O) groups excluding carboxylic acids is 1. The van der Waals surface area contributed by atoms with Gasteiger partial charge in [0.05, 0.1) is 5.02 Å². The van der Waals surface area contributed by atoms with Crippen molar-refractivity contribution in [2.75, 3.05) is 6.61 Å². The fraction of sp³-hybridized carbons (Fsp3) is 0.316. The molecule has 0 atom stereocenters. The number of carbonyl (C=O) groups is 1. The van der Waals surface area contributed by atoms with E-state index in [1.54, 1.807) is 6.07 Å². The molecule has 4 nitrogen and oxygen atoms in total. The van der Waals surface area contributed by atoms with Crippen LogP contribution in [0, 0.1) is 5.82 Å². The van der Waals surface area contributed by atoms with Crippen molar-refractivity contribution in [2.24, 2.45) is 0 Å². The molecular formula is C19H18ClFO4. The Labute approximate surface area is 150 Å². The van der Waals surface area contributed by atoms with Crippen LogP contribution in [0.5, 0.6) is 11.5 Å². The molecule has 0 fully saturated rings. The standard InChI is InChI=1S/C19H18ClFO4/c1-19(2)9-12-5-3-8-16(18(12)25-19)23-11-17(22)24-10-13-14(20)6-4-7-15(13)21/h3-8H,9-11H2,1-2H3. The Morgan fingerprint density at radius 2 is 2.04 bits per heavy atom. The van der Waals surface area contributed by atoms with Crippen LogP contribution in [0.3, 0.4) is 0 Å². The number of ether oxygens (including phenoxy) is 3. The van der Waals surface area contributed by atoms with Gasteiger partial charge in [0.2, 0.25) is 0 Å². The normalized spacial score (nSPS) is 14.6. The van der Waals surface area contributed by atoms with Gasteiger partial charge in [-0.3, -0.25) is 0 Å². The minimum absolute atomic E-state index is 0.142. The molecule has 0 N–H and O–H groups in total. The molecular weight excluding hydrogens is 347 g/mol. The van der Waals surface area contributed by atoms with Crippen LogP contribution in [0.2, 0.25) is 5.02 Å². The maximum absolute atomic E-state index is 13.7. The summed E-state index contributed by atoms with van der Waals surface area (Å²) in [4.78, 5) is 11.9. The van der Waals surface area contributed by atoms with Crippen LogP contribution in [-0.4, -0.2) is 18.2 Å². The van der Waals surface area contributed by atoms with Crippen molar-refractivity contribution in [3.63, 3.8) is 0 Å². The summed E-state index contributed by atoms with van der Waals surface area (Å²) in [6.07, 6.45) is 0.774. The molecule has 2 aromatic carbocycles. The van der Waals surface area contributed by atoms with E-state index in [-0.39, 0.29) is 29.4 Å². The maximum atomic E-state index is 13.7. The van der Waals surface area contributed by atoms with Crippen molar-refractivity contribution in [1.82, 2.24) is 0 Å². The van der Waals surface area contributed by atoms with E-state index >= 15 is 0 Å². The third-order valence-electron chi connectivity index (χ3n) is 3.84. The Morgan fingerprint density at radius 1 is 1.28 bits per heavy atom. The van der Waals surface area contributed by atoms with Gasteiger partial charge < -0.3 is 14.2 Å². The molecule has 0 unspecified atom stereocenters. The first-order valence-electron chi connectivity index (χ1n) is 7.88. The number of hydrogen-bond acceptors (Lipinski definition) is 4. The Bertz CT molecular complexity index is 784. The number of hydrogen-bond donors (Lipinski definition) is 0. The smallest absolute Gasteiger partial charge is 0.344 e. The first-order chi connectivity index (χ1) is 11.9. The third kappa shape index (κ3) is 4.04. The topological polar surface area (TPSA) is 44.8 Å². The number of esters is 1. The Kier molecular flexibility index (Phi) is 4.86. The number of fused-ring (bicyclic) bond motifs is 1. The van der Waals surface area contributed by atoms with Gasteiger partial charge in [0.15, 0.2) is 18.1 Å². The van der Waals surface area contributed by atoms with E-state index in [0.717, 1.165) is 12.0 Å². The highest BCUT2D eigenvalue weighted by Gasteiger charge is 2.32. The largest absolute Gasteiger partial charge is 0.483 e. The molecule has 1 aliphatic rings. The molecule has 0 amide bonds. The zero-order chi connectivity index (χ0) is 18.0. The van der Waals surface area contributed by atoms with Crippen LogP contribution in [0.15, 0.2) is 36.4 Å². The molecule has 3 rings (SSSR count). The average Bonchev–Trinajstić information content (AvgIpc) is 2.86. The molecule has 0 bridgehead atoms. The SMILES string of the molecule is CC1(C)Cc2cccc(OCC(=O)OCc3c(F)cccc3Cl)c2O1. The van der Waals surface area contributed by atoms with Crippen molar-refractivity contribution < 1.29 is 23.4 Å². The van der Waals surface area contributed by atoms with Gasteiger partial charge in [0.1, 0.15) is 18.0 Å². The molecule has 0 saturated carbocycles. The highest BCUT2D eigenvalue weighted by Crippen LogP contribution is 2.41. The summed E-state index contributed by atoms with van der Waals surface area (Å²) < 4.78 is 30.1. The predicted molar refractivity (Wildman–Crippen MR) is 91.6 cm³/mol. The van der Waals surface area contributed by atoms with E-state index in [4.69, 9.17) is 25.8 Å². The highest BCUT2D eigenvalue weighted by atomic mass is 35.5. The van der Waals surface area contributed by atoms with Gasteiger partial charge in [-0.2, -0.15) is 0 Å². The minimum Gasteiger partial charge on any atom is -0.483 e. The van der Waals surface area contributed by atoms with Gasteiger partial charge in [0.25, 0.3) is 0 Å². The molecule has 132 valence electrons. The van der Waals surface area contributed by atoms with Crippen LogP contribution < -0.4 is 9.47 Å². The zero-order valence-electron chi connectivity index (χ0n) is 14.0. The van der Waals surface area contributed by atoms with Crippen LogP contribution in [0.1, 0.15) is 25.0 Å². The van der Waals surface area contributed by atoms with Crippen LogP contribution in [0.4, 0.5) is 4.39 Å². The molecule has 0 aliphatic carbocycles. The zero-order valence-corrected chi connectivity index (χ0v) is 14.7. The Hall–Kier alpha value is -2.27. The molecule has 1 heterocycles. The van der Waals surface area contributed by atoms with Gasteiger partial charge >= 0.3 is 5.97 Å². The molecule has 0 saturated heterocycles. The molecule has 2 aromatic rings. The summed E-state index contributed by atoms with van der Waals surface area (Å²) in [5, 5.41) is 0.213. The van der Waals surface area contributed by atoms with Crippen molar-refractivity contribution in [3.05, 3.63) is 58.4 Å². The summed E-state index contributed by atoms with van der Waals surface area (Å²) in [5.41, 5.74) is 0.876.